The van der Waals surface area contributed by atoms with Gasteiger partial charge in [0.05, 0.1) is 0 Å². The maximum atomic E-state index is 11.0. The van der Waals surface area contributed by atoms with Crippen LogP contribution in [-0.2, 0) is 9.53 Å². The van der Waals surface area contributed by atoms with Gasteiger partial charge >= 0.3 is 5.97 Å². The lowest BCUT2D eigenvalue weighted by molar-refractivity contribution is -0.151. The number of piperidine rings is 1. The Balaban J connectivity index is 0.00000144. The summed E-state index contributed by atoms with van der Waals surface area (Å²) < 4.78 is 5.18. The first-order valence-electron chi connectivity index (χ1n) is 4.76. The Morgan fingerprint density at radius 2 is 2.31 bits per heavy atom. The van der Waals surface area contributed by atoms with Gasteiger partial charge in [0.2, 0.25) is 0 Å². The van der Waals surface area contributed by atoms with Crippen LogP contribution in [0.15, 0.2) is 0 Å². The van der Waals surface area contributed by atoms with Crippen molar-refractivity contribution in [1.29, 1.82) is 0 Å². The van der Waals surface area contributed by atoms with E-state index in [0.29, 0.717) is 6.42 Å². The molecule has 0 aromatic heterocycles. The lowest BCUT2D eigenvalue weighted by Gasteiger charge is -2.23. The van der Waals surface area contributed by atoms with E-state index in [1.165, 1.54) is 6.42 Å². The second-order valence-electron chi connectivity index (χ2n) is 3.18. The summed E-state index contributed by atoms with van der Waals surface area (Å²) in [5.41, 5.74) is 0. The highest BCUT2D eigenvalue weighted by atomic mass is 35.5. The van der Waals surface area contributed by atoms with Gasteiger partial charge in [-0.3, -0.25) is 10.1 Å². The molecule has 4 heteroatoms. The largest absolute Gasteiger partial charge is 0.447 e. The molecule has 1 aliphatic heterocycles. The first-order valence-corrected chi connectivity index (χ1v) is 4.76. The van der Waals surface area contributed by atoms with Crippen molar-refractivity contribution in [2.24, 2.45) is 0 Å². The summed E-state index contributed by atoms with van der Waals surface area (Å²) in [6.07, 6.45) is 4.72. The van der Waals surface area contributed by atoms with E-state index in [9.17, 15) is 4.79 Å². The van der Waals surface area contributed by atoms with E-state index >= 15 is 0 Å². The number of rotatable bonds is 3. The fourth-order valence-electron chi connectivity index (χ4n) is 1.34. The Labute approximate surface area is 85.6 Å². The van der Waals surface area contributed by atoms with Gasteiger partial charge in [-0.2, -0.15) is 0 Å². The summed E-state index contributed by atoms with van der Waals surface area (Å²) in [6.45, 7) is 2.96. The van der Waals surface area contributed by atoms with Gasteiger partial charge in [-0.05, 0) is 32.2 Å². The molecule has 13 heavy (non-hydrogen) atoms. The van der Waals surface area contributed by atoms with Gasteiger partial charge in [0.25, 0.3) is 0 Å². The number of ether oxygens (including phenoxy) is 1. The van der Waals surface area contributed by atoms with Crippen LogP contribution in [0.1, 0.15) is 39.0 Å². The Morgan fingerprint density at radius 3 is 2.85 bits per heavy atom. The van der Waals surface area contributed by atoms with Crippen molar-refractivity contribution in [1.82, 2.24) is 5.32 Å². The van der Waals surface area contributed by atoms with Crippen LogP contribution in [0.2, 0.25) is 0 Å². The first-order chi connectivity index (χ1) is 5.83. The molecule has 1 aliphatic rings. The molecule has 0 saturated carbocycles. The second kappa shape index (κ2) is 7.15. The average molecular weight is 208 g/mol. The smallest absolute Gasteiger partial charge is 0.307 e. The molecule has 1 heterocycles. The Kier molecular flexibility index (Phi) is 7.00. The van der Waals surface area contributed by atoms with Gasteiger partial charge in [0.1, 0.15) is 0 Å². The highest BCUT2D eigenvalue weighted by molar-refractivity contribution is 5.85. The topological polar surface area (TPSA) is 38.3 Å². The number of nitrogens with one attached hydrogen (secondary N) is 1. The Morgan fingerprint density at radius 1 is 1.54 bits per heavy atom. The molecular formula is C9H18ClNO2. The summed E-state index contributed by atoms with van der Waals surface area (Å²) in [7, 11) is 0. The molecule has 1 fully saturated rings. The molecule has 1 N–H and O–H groups in total. The molecule has 1 rings (SSSR count). The molecule has 0 amide bonds. The van der Waals surface area contributed by atoms with Crippen molar-refractivity contribution >= 4 is 18.4 Å². The zero-order chi connectivity index (χ0) is 8.81. The van der Waals surface area contributed by atoms with Crippen LogP contribution in [0.3, 0.4) is 0 Å². The summed E-state index contributed by atoms with van der Waals surface area (Å²) in [5.74, 6) is -0.0723. The monoisotopic (exact) mass is 207 g/mol. The third-order valence-corrected chi connectivity index (χ3v) is 1.99. The highest BCUT2D eigenvalue weighted by Crippen LogP contribution is 2.08. The van der Waals surface area contributed by atoms with E-state index < -0.39 is 0 Å². The third kappa shape index (κ3) is 5.11. The van der Waals surface area contributed by atoms with Crippen LogP contribution in [0.4, 0.5) is 0 Å². The van der Waals surface area contributed by atoms with Crippen molar-refractivity contribution in [2.45, 2.75) is 45.3 Å². The summed E-state index contributed by atoms with van der Waals surface area (Å²) in [6, 6.07) is 0. The minimum atomic E-state index is -0.0723. The van der Waals surface area contributed by atoms with E-state index in [1.54, 1.807) is 0 Å². The number of carbonyl (C=O) groups excluding carboxylic acids is 1. The number of esters is 1. The van der Waals surface area contributed by atoms with Gasteiger partial charge in [0.15, 0.2) is 6.23 Å². The fourth-order valence-corrected chi connectivity index (χ4v) is 1.34. The third-order valence-electron chi connectivity index (χ3n) is 1.99. The van der Waals surface area contributed by atoms with Crippen molar-refractivity contribution in [3.63, 3.8) is 0 Å². The summed E-state index contributed by atoms with van der Waals surface area (Å²) in [4.78, 5) is 11.0. The maximum Gasteiger partial charge on any atom is 0.307 e. The molecule has 3 nitrogen and oxygen atoms in total. The standard InChI is InChI=1S/C9H17NO2.ClH/c1-2-5-9(11)12-8-6-3-4-7-10-8;/h8,10H,2-7H2,1H3;1H. The SMILES string of the molecule is CCCC(=O)OC1CCCCN1.Cl. The van der Waals surface area contributed by atoms with Crippen LogP contribution in [0.5, 0.6) is 0 Å². The molecule has 0 aromatic carbocycles. The predicted octanol–water partition coefficient (Wildman–Crippen LogP) is 1.85. The molecule has 0 aromatic rings. The van der Waals surface area contributed by atoms with Crippen molar-refractivity contribution in [3.05, 3.63) is 0 Å². The van der Waals surface area contributed by atoms with Crippen LogP contribution in [0.25, 0.3) is 0 Å². The number of halogens is 1. The van der Waals surface area contributed by atoms with Crippen LogP contribution in [0, 0.1) is 0 Å². The molecule has 1 unspecified atom stereocenters. The number of hydrogen-bond acceptors (Lipinski definition) is 3. The molecule has 0 aliphatic carbocycles. The zero-order valence-electron chi connectivity index (χ0n) is 8.04. The van der Waals surface area contributed by atoms with Crippen molar-refractivity contribution < 1.29 is 9.53 Å². The van der Waals surface area contributed by atoms with Gasteiger partial charge in [0, 0.05) is 6.42 Å². The molecule has 0 spiro atoms. The van der Waals surface area contributed by atoms with E-state index in [4.69, 9.17) is 4.74 Å². The first kappa shape index (κ1) is 12.7. The van der Waals surface area contributed by atoms with Gasteiger partial charge < -0.3 is 4.74 Å². The minimum Gasteiger partial charge on any atom is -0.447 e. The molecule has 1 atom stereocenters. The summed E-state index contributed by atoms with van der Waals surface area (Å²) in [5, 5.41) is 3.17. The van der Waals surface area contributed by atoms with E-state index in [2.05, 4.69) is 5.32 Å². The second-order valence-corrected chi connectivity index (χ2v) is 3.18. The zero-order valence-corrected chi connectivity index (χ0v) is 8.86. The van der Waals surface area contributed by atoms with Gasteiger partial charge in [-0.25, -0.2) is 0 Å². The number of hydrogen-bond donors (Lipinski definition) is 1. The average Bonchev–Trinajstić information content (AvgIpc) is 2.06. The maximum absolute atomic E-state index is 11.0. The molecule has 78 valence electrons. The number of carbonyl (C=O) groups is 1. The molecule has 0 radical (unpaired) electrons. The van der Waals surface area contributed by atoms with E-state index in [-0.39, 0.29) is 24.6 Å². The van der Waals surface area contributed by atoms with Crippen molar-refractivity contribution in [2.75, 3.05) is 6.54 Å². The molecular weight excluding hydrogens is 190 g/mol. The molecule has 0 bridgehead atoms. The Hall–Kier alpha value is -0.280. The lowest BCUT2D eigenvalue weighted by atomic mass is 10.1. The summed E-state index contributed by atoms with van der Waals surface area (Å²) >= 11 is 0. The van der Waals surface area contributed by atoms with E-state index in [1.807, 2.05) is 6.92 Å². The quantitative estimate of drug-likeness (QED) is 0.718. The van der Waals surface area contributed by atoms with Crippen LogP contribution < -0.4 is 5.32 Å². The Bertz CT molecular complexity index is 147. The highest BCUT2D eigenvalue weighted by Gasteiger charge is 2.15. The van der Waals surface area contributed by atoms with Gasteiger partial charge in [-0.15, -0.1) is 12.4 Å². The van der Waals surface area contributed by atoms with E-state index in [0.717, 1.165) is 25.8 Å². The normalized spacial score (nSPS) is 21.8. The van der Waals surface area contributed by atoms with Crippen LogP contribution in [-0.4, -0.2) is 18.7 Å². The fraction of sp³-hybridized carbons (Fsp3) is 0.889. The van der Waals surface area contributed by atoms with Gasteiger partial charge in [-0.1, -0.05) is 6.92 Å². The molecule has 1 saturated heterocycles. The van der Waals surface area contributed by atoms with Crippen LogP contribution >= 0.6 is 12.4 Å². The minimum absolute atomic E-state index is 0. The predicted molar refractivity (Wildman–Crippen MR) is 53.9 cm³/mol. The van der Waals surface area contributed by atoms with Crippen molar-refractivity contribution in [3.8, 4) is 0 Å². The lowest BCUT2D eigenvalue weighted by Crippen LogP contribution is -2.37.